The molecule has 0 fully saturated rings. The fourth-order valence-electron chi connectivity index (χ4n) is 3.39. The Labute approximate surface area is 179 Å². The first-order chi connectivity index (χ1) is 15.0. The van der Waals surface area contributed by atoms with Gasteiger partial charge in [-0.3, -0.25) is 4.79 Å². The van der Waals surface area contributed by atoms with E-state index in [1.54, 1.807) is 31.0 Å². The summed E-state index contributed by atoms with van der Waals surface area (Å²) < 4.78 is 23.9. The number of amides is 1. The van der Waals surface area contributed by atoms with E-state index in [1.807, 2.05) is 36.4 Å². The normalized spacial score (nSPS) is 10.9. The summed E-state index contributed by atoms with van der Waals surface area (Å²) in [6.07, 6.45) is 1.37. The highest BCUT2D eigenvalue weighted by molar-refractivity contribution is 6.00. The molecule has 0 bridgehead atoms. The minimum absolute atomic E-state index is 0.194. The van der Waals surface area contributed by atoms with Crippen molar-refractivity contribution in [1.82, 2.24) is 15.2 Å². The SMILES string of the molecule is Cc1onc(-c2ccc(F)cc2)c1C(=O)N(C)CCCc1cc(-c2ccccc2)no1. The van der Waals surface area contributed by atoms with Gasteiger partial charge in [-0.1, -0.05) is 40.6 Å². The third-order valence-corrected chi connectivity index (χ3v) is 5.09. The molecule has 0 atom stereocenters. The Morgan fingerprint density at radius 1 is 1.00 bits per heavy atom. The molecule has 4 rings (SSSR count). The van der Waals surface area contributed by atoms with Crippen LogP contribution >= 0.6 is 0 Å². The summed E-state index contributed by atoms with van der Waals surface area (Å²) in [6, 6.07) is 17.6. The van der Waals surface area contributed by atoms with Gasteiger partial charge in [0.15, 0.2) is 0 Å². The first-order valence-electron chi connectivity index (χ1n) is 10.0. The molecule has 4 aromatic rings. The maximum absolute atomic E-state index is 13.2. The molecular formula is C24H22FN3O3. The van der Waals surface area contributed by atoms with E-state index in [1.165, 1.54) is 12.1 Å². The van der Waals surface area contributed by atoms with Gasteiger partial charge in [0.25, 0.3) is 5.91 Å². The summed E-state index contributed by atoms with van der Waals surface area (Å²) in [4.78, 5) is 14.7. The molecule has 158 valence electrons. The molecule has 0 N–H and O–H groups in total. The Morgan fingerprint density at radius 2 is 1.74 bits per heavy atom. The maximum Gasteiger partial charge on any atom is 0.259 e. The Balaban J connectivity index is 1.39. The van der Waals surface area contributed by atoms with Crippen LogP contribution in [0.3, 0.4) is 0 Å². The van der Waals surface area contributed by atoms with E-state index < -0.39 is 0 Å². The van der Waals surface area contributed by atoms with Crippen molar-refractivity contribution in [3.63, 3.8) is 0 Å². The van der Waals surface area contributed by atoms with Gasteiger partial charge in [0, 0.05) is 37.2 Å². The van der Waals surface area contributed by atoms with Gasteiger partial charge in [0.2, 0.25) is 0 Å². The minimum Gasteiger partial charge on any atom is -0.361 e. The van der Waals surface area contributed by atoms with Gasteiger partial charge >= 0.3 is 0 Å². The van der Waals surface area contributed by atoms with Crippen molar-refractivity contribution in [3.8, 4) is 22.5 Å². The van der Waals surface area contributed by atoms with Crippen molar-refractivity contribution in [2.24, 2.45) is 0 Å². The Morgan fingerprint density at radius 3 is 2.48 bits per heavy atom. The molecule has 31 heavy (non-hydrogen) atoms. The summed E-state index contributed by atoms with van der Waals surface area (Å²) in [5.74, 6) is 0.657. The average Bonchev–Trinajstić information content (AvgIpc) is 3.41. The second-order valence-electron chi connectivity index (χ2n) is 7.34. The molecule has 2 heterocycles. The number of hydrogen-bond acceptors (Lipinski definition) is 5. The molecular weight excluding hydrogens is 397 g/mol. The lowest BCUT2D eigenvalue weighted by Crippen LogP contribution is -2.28. The molecule has 0 aliphatic carbocycles. The van der Waals surface area contributed by atoms with E-state index in [-0.39, 0.29) is 11.7 Å². The third kappa shape index (κ3) is 4.55. The fraction of sp³-hybridized carbons (Fsp3) is 0.208. The molecule has 0 aliphatic rings. The summed E-state index contributed by atoms with van der Waals surface area (Å²) in [5, 5.41) is 8.13. The number of halogens is 1. The second kappa shape index (κ2) is 8.95. The first kappa shape index (κ1) is 20.5. The maximum atomic E-state index is 13.2. The summed E-state index contributed by atoms with van der Waals surface area (Å²) in [6.45, 7) is 2.22. The molecule has 2 aromatic carbocycles. The van der Waals surface area contributed by atoms with E-state index in [4.69, 9.17) is 9.05 Å². The Bertz CT molecular complexity index is 1170. The van der Waals surface area contributed by atoms with Crippen LogP contribution in [0.5, 0.6) is 0 Å². The average molecular weight is 419 g/mol. The van der Waals surface area contributed by atoms with E-state index >= 15 is 0 Å². The molecule has 0 radical (unpaired) electrons. The van der Waals surface area contributed by atoms with Crippen molar-refractivity contribution in [2.45, 2.75) is 19.8 Å². The van der Waals surface area contributed by atoms with Gasteiger partial charge in [-0.15, -0.1) is 0 Å². The summed E-state index contributed by atoms with van der Waals surface area (Å²) in [5.41, 5.74) is 3.23. The van der Waals surface area contributed by atoms with Crippen LogP contribution < -0.4 is 0 Å². The zero-order valence-corrected chi connectivity index (χ0v) is 17.3. The Kier molecular flexibility index (Phi) is 5.93. The zero-order chi connectivity index (χ0) is 21.8. The first-order valence-corrected chi connectivity index (χ1v) is 10.0. The van der Waals surface area contributed by atoms with Gasteiger partial charge in [-0.25, -0.2) is 4.39 Å². The molecule has 7 heteroatoms. The van der Waals surface area contributed by atoms with E-state index in [0.717, 1.165) is 17.0 Å². The molecule has 6 nitrogen and oxygen atoms in total. The van der Waals surface area contributed by atoms with Crippen molar-refractivity contribution in [2.75, 3.05) is 13.6 Å². The lowest BCUT2D eigenvalue weighted by Gasteiger charge is -2.16. The number of nitrogens with zero attached hydrogens (tertiary/aromatic N) is 3. The summed E-state index contributed by atoms with van der Waals surface area (Å²) >= 11 is 0. The lowest BCUT2D eigenvalue weighted by atomic mass is 10.0. The van der Waals surface area contributed by atoms with Gasteiger partial charge in [-0.2, -0.15) is 0 Å². The number of hydrogen-bond donors (Lipinski definition) is 0. The zero-order valence-electron chi connectivity index (χ0n) is 17.3. The van der Waals surface area contributed by atoms with Gasteiger partial charge in [0.05, 0.1) is 0 Å². The van der Waals surface area contributed by atoms with E-state index in [0.29, 0.717) is 42.0 Å². The van der Waals surface area contributed by atoms with E-state index in [2.05, 4.69) is 10.3 Å². The standard InChI is InChI=1S/C24H22FN3O3/c1-16-22(23(27-30-16)18-10-12-19(25)13-11-18)24(29)28(2)14-6-9-20-15-21(26-31-20)17-7-4-3-5-8-17/h3-5,7-8,10-13,15H,6,9,14H2,1-2H3. The predicted molar refractivity (Wildman–Crippen MR) is 114 cm³/mol. The van der Waals surface area contributed by atoms with Crippen molar-refractivity contribution >= 4 is 5.91 Å². The number of rotatable bonds is 7. The summed E-state index contributed by atoms with van der Waals surface area (Å²) in [7, 11) is 1.74. The molecule has 0 aliphatic heterocycles. The highest BCUT2D eigenvalue weighted by atomic mass is 19.1. The molecule has 1 amide bonds. The third-order valence-electron chi connectivity index (χ3n) is 5.09. The van der Waals surface area contributed by atoms with Gasteiger partial charge in [0.1, 0.15) is 34.3 Å². The largest absolute Gasteiger partial charge is 0.361 e. The van der Waals surface area contributed by atoms with Crippen LogP contribution in [0.25, 0.3) is 22.5 Å². The van der Waals surface area contributed by atoms with Crippen LogP contribution in [0.2, 0.25) is 0 Å². The number of aryl methyl sites for hydroxylation is 2. The highest BCUT2D eigenvalue weighted by Crippen LogP contribution is 2.27. The highest BCUT2D eigenvalue weighted by Gasteiger charge is 2.24. The number of carbonyl (C=O) groups excluding carboxylic acids is 1. The Hall–Kier alpha value is -3.74. The smallest absolute Gasteiger partial charge is 0.259 e. The molecule has 0 saturated heterocycles. The number of benzene rings is 2. The monoisotopic (exact) mass is 419 g/mol. The molecule has 2 aromatic heterocycles. The van der Waals surface area contributed by atoms with Gasteiger partial charge < -0.3 is 13.9 Å². The van der Waals surface area contributed by atoms with Crippen LogP contribution in [0.4, 0.5) is 4.39 Å². The van der Waals surface area contributed by atoms with Crippen molar-refractivity contribution in [1.29, 1.82) is 0 Å². The number of aromatic nitrogens is 2. The van der Waals surface area contributed by atoms with Crippen LogP contribution in [0, 0.1) is 12.7 Å². The molecule has 0 unspecified atom stereocenters. The topological polar surface area (TPSA) is 72.4 Å². The quantitative estimate of drug-likeness (QED) is 0.414. The molecule has 0 spiro atoms. The van der Waals surface area contributed by atoms with Crippen molar-refractivity contribution < 1.29 is 18.2 Å². The van der Waals surface area contributed by atoms with Crippen LogP contribution in [-0.2, 0) is 6.42 Å². The second-order valence-corrected chi connectivity index (χ2v) is 7.34. The lowest BCUT2D eigenvalue weighted by molar-refractivity contribution is 0.0791. The number of carbonyl (C=O) groups is 1. The van der Waals surface area contributed by atoms with E-state index in [9.17, 15) is 9.18 Å². The van der Waals surface area contributed by atoms with Crippen LogP contribution in [0.15, 0.2) is 69.7 Å². The molecule has 0 saturated carbocycles. The predicted octanol–water partition coefficient (Wildman–Crippen LogP) is 5.15. The van der Waals surface area contributed by atoms with Crippen LogP contribution in [0.1, 0.15) is 28.3 Å². The minimum atomic E-state index is -0.350. The fourth-order valence-corrected chi connectivity index (χ4v) is 3.39. The van der Waals surface area contributed by atoms with Gasteiger partial charge in [-0.05, 0) is 37.6 Å². The van der Waals surface area contributed by atoms with Crippen molar-refractivity contribution in [3.05, 3.63) is 83.6 Å². The van der Waals surface area contributed by atoms with Crippen LogP contribution in [-0.4, -0.2) is 34.7 Å².